The van der Waals surface area contributed by atoms with E-state index in [2.05, 4.69) is 33.4 Å². The monoisotopic (exact) mass is 448 g/mol. The van der Waals surface area contributed by atoms with E-state index in [0.29, 0.717) is 22.5 Å². The van der Waals surface area contributed by atoms with Crippen molar-refractivity contribution in [3.05, 3.63) is 39.8 Å². The zero-order valence-corrected chi connectivity index (χ0v) is 16.9. The Morgan fingerprint density at radius 2 is 1.78 bits per heavy atom. The molecule has 0 unspecified atom stereocenters. The molecule has 1 saturated heterocycles. The van der Waals surface area contributed by atoms with E-state index in [-0.39, 0.29) is 41.4 Å². The van der Waals surface area contributed by atoms with Crippen molar-refractivity contribution in [1.82, 2.24) is 4.90 Å². The number of rotatable bonds is 3. The number of allylic oxidation sites excluding steroid dienone is 2. The maximum Gasteiger partial charge on any atom is 0.247 e. The predicted molar refractivity (Wildman–Crippen MR) is 104 cm³/mol. The quantitative estimate of drug-likeness (QED) is 0.567. The lowest BCUT2D eigenvalue weighted by molar-refractivity contribution is -0.146. The number of benzene rings is 1. The maximum absolute atomic E-state index is 13.1. The van der Waals surface area contributed by atoms with Gasteiger partial charge in [0.15, 0.2) is 0 Å². The molecular formula is C20H18BrClN2O3. The highest BCUT2D eigenvalue weighted by Crippen LogP contribution is 2.65. The number of likely N-dealkylation sites (tertiary alicyclic amines) is 1. The van der Waals surface area contributed by atoms with Crippen molar-refractivity contribution in [3.63, 3.8) is 0 Å². The van der Waals surface area contributed by atoms with Gasteiger partial charge in [-0.05, 0) is 71.1 Å². The topological polar surface area (TPSA) is 66.5 Å². The maximum atomic E-state index is 13.1. The average Bonchev–Trinajstić information content (AvgIpc) is 3.42. The second kappa shape index (κ2) is 5.92. The molecule has 5 aliphatic rings. The van der Waals surface area contributed by atoms with Crippen LogP contribution in [-0.4, -0.2) is 28.7 Å². The van der Waals surface area contributed by atoms with Crippen LogP contribution in [0.15, 0.2) is 34.8 Å². The van der Waals surface area contributed by atoms with Gasteiger partial charge in [-0.3, -0.25) is 19.3 Å². The minimum Gasteiger partial charge on any atom is -0.324 e. The molecule has 0 aromatic heterocycles. The number of hydrogen-bond donors (Lipinski definition) is 1. The second-order valence-electron chi connectivity index (χ2n) is 8.00. The van der Waals surface area contributed by atoms with E-state index in [4.69, 9.17) is 11.6 Å². The third-order valence-corrected chi connectivity index (χ3v) is 7.88. The lowest BCUT2D eigenvalue weighted by Crippen LogP contribution is -2.46. The zero-order chi connectivity index (χ0) is 19.0. The molecule has 6 rings (SSSR count). The predicted octanol–water partition coefficient (Wildman–Crippen LogP) is 3.48. The Bertz CT molecular complexity index is 880. The van der Waals surface area contributed by atoms with Gasteiger partial charge in [-0.25, -0.2) is 0 Å². The Morgan fingerprint density at radius 3 is 2.33 bits per heavy atom. The molecule has 1 aliphatic heterocycles. The van der Waals surface area contributed by atoms with E-state index in [0.717, 1.165) is 10.9 Å². The summed E-state index contributed by atoms with van der Waals surface area (Å²) >= 11 is 9.37. The highest BCUT2D eigenvalue weighted by atomic mass is 79.9. The summed E-state index contributed by atoms with van der Waals surface area (Å²) < 4.78 is 0.728. The van der Waals surface area contributed by atoms with Crippen LogP contribution in [-0.2, 0) is 14.4 Å². The molecule has 7 atom stereocenters. The first-order valence-electron chi connectivity index (χ1n) is 9.19. The normalized spacial score (nSPS) is 36.5. The summed E-state index contributed by atoms with van der Waals surface area (Å²) in [6, 6.07) is 4.22. The third-order valence-electron chi connectivity index (χ3n) is 6.65. The molecule has 2 bridgehead atoms. The Balaban J connectivity index is 1.37. The second-order valence-corrected chi connectivity index (χ2v) is 9.26. The Morgan fingerprint density at radius 1 is 1.19 bits per heavy atom. The third kappa shape index (κ3) is 2.46. The number of nitrogens with zero attached hydrogens (tertiary/aromatic N) is 1. The van der Waals surface area contributed by atoms with Crippen LogP contribution in [0, 0.1) is 35.5 Å². The van der Waals surface area contributed by atoms with Gasteiger partial charge in [0, 0.05) is 10.2 Å². The van der Waals surface area contributed by atoms with Crippen LogP contribution >= 0.6 is 27.5 Å². The first kappa shape index (κ1) is 17.4. The van der Waals surface area contributed by atoms with Gasteiger partial charge in [0.1, 0.15) is 6.04 Å². The molecule has 2 saturated carbocycles. The summed E-state index contributed by atoms with van der Waals surface area (Å²) in [5.74, 6) is 0.0804. The molecule has 1 aromatic carbocycles. The lowest BCUT2D eigenvalue weighted by atomic mass is 9.63. The Hall–Kier alpha value is -1.66. The molecule has 5 nitrogen and oxygen atoms in total. The minimum atomic E-state index is -0.853. The van der Waals surface area contributed by atoms with Crippen molar-refractivity contribution in [2.75, 3.05) is 5.32 Å². The number of hydrogen-bond acceptors (Lipinski definition) is 3. The van der Waals surface area contributed by atoms with Gasteiger partial charge in [-0.2, -0.15) is 0 Å². The fraction of sp³-hybridized carbons (Fsp3) is 0.450. The van der Waals surface area contributed by atoms with Crippen LogP contribution in [0.25, 0.3) is 0 Å². The van der Waals surface area contributed by atoms with Crippen molar-refractivity contribution < 1.29 is 14.4 Å². The summed E-state index contributed by atoms with van der Waals surface area (Å²) in [6.45, 7) is 1.61. The van der Waals surface area contributed by atoms with Crippen LogP contribution in [0.1, 0.15) is 13.3 Å². The first-order valence-corrected chi connectivity index (χ1v) is 10.4. The van der Waals surface area contributed by atoms with E-state index >= 15 is 0 Å². The number of imide groups is 1. The van der Waals surface area contributed by atoms with E-state index in [1.54, 1.807) is 25.1 Å². The molecule has 0 radical (unpaired) electrons. The van der Waals surface area contributed by atoms with Gasteiger partial charge in [0.05, 0.1) is 16.9 Å². The van der Waals surface area contributed by atoms with Crippen LogP contribution in [0.2, 0.25) is 5.02 Å². The molecule has 1 heterocycles. The minimum absolute atomic E-state index is 0.159. The smallest absolute Gasteiger partial charge is 0.247 e. The van der Waals surface area contributed by atoms with Crippen LogP contribution in [0.4, 0.5) is 5.69 Å². The number of anilines is 1. The number of amides is 3. The fourth-order valence-corrected chi connectivity index (χ4v) is 5.73. The molecule has 140 valence electrons. The zero-order valence-electron chi connectivity index (χ0n) is 14.6. The van der Waals surface area contributed by atoms with Crippen molar-refractivity contribution in [1.29, 1.82) is 0 Å². The van der Waals surface area contributed by atoms with E-state index < -0.39 is 6.04 Å². The Labute approximate surface area is 170 Å². The summed E-state index contributed by atoms with van der Waals surface area (Å²) in [5, 5.41) is 3.23. The number of halogens is 2. The van der Waals surface area contributed by atoms with E-state index in [1.165, 1.54) is 4.90 Å². The SMILES string of the molecule is C[C@H](C(=O)Nc1ccc(Br)c(Cl)c1)N1C(=O)[C@H]2[C@@H]3C=C[C@H]([C@H]4C[C@H]34)[C@@H]2C1=O. The fourth-order valence-electron chi connectivity index (χ4n) is 5.30. The number of carbonyl (C=O) groups excluding carboxylic acids is 3. The molecule has 27 heavy (non-hydrogen) atoms. The molecule has 4 aliphatic carbocycles. The summed E-state index contributed by atoms with van der Waals surface area (Å²) in [4.78, 5) is 40.0. The molecule has 7 heteroatoms. The number of nitrogens with one attached hydrogen (secondary N) is 1. The summed E-state index contributed by atoms with van der Waals surface area (Å²) in [7, 11) is 0. The van der Waals surface area contributed by atoms with Crippen molar-refractivity contribution in [2.24, 2.45) is 35.5 Å². The van der Waals surface area contributed by atoms with Crippen LogP contribution < -0.4 is 5.32 Å². The van der Waals surface area contributed by atoms with Crippen molar-refractivity contribution in [3.8, 4) is 0 Å². The van der Waals surface area contributed by atoms with Gasteiger partial charge in [-0.1, -0.05) is 23.8 Å². The standard InChI is InChI=1S/C20H18BrClN2O3/c1-8(18(25)23-9-2-5-14(21)15(22)6-9)24-19(26)16-10-3-4-11(13-7-12(10)13)17(16)20(24)27/h2-6,8,10-13,16-17H,7H2,1H3,(H,23,25)/t8-,10-,11-,12-,13-,16+,17+/m1/s1. The van der Waals surface area contributed by atoms with E-state index in [1.807, 2.05) is 0 Å². The lowest BCUT2D eigenvalue weighted by Gasteiger charge is -2.37. The molecule has 0 spiro atoms. The summed E-state index contributed by atoms with van der Waals surface area (Å²) in [5.41, 5.74) is 0.527. The molecule has 1 N–H and O–H groups in total. The molecule has 3 fully saturated rings. The highest BCUT2D eigenvalue weighted by Gasteiger charge is 2.67. The average molecular weight is 450 g/mol. The summed E-state index contributed by atoms with van der Waals surface area (Å²) in [6.07, 6.45) is 5.38. The van der Waals surface area contributed by atoms with Crippen molar-refractivity contribution in [2.45, 2.75) is 19.4 Å². The van der Waals surface area contributed by atoms with Gasteiger partial charge in [0.25, 0.3) is 0 Å². The first-order chi connectivity index (χ1) is 12.9. The molecule has 1 aromatic rings. The highest BCUT2D eigenvalue weighted by molar-refractivity contribution is 9.10. The molecular weight excluding hydrogens is 432 g/mol. The van der Waals surface area contributed by atoms with Gasteiger partial charge in [-0.15, -0.1) is 0 Å². The van der Waals surface area contributed by atoms with Crippen LogP contribution in [0.3, 0.4) is 0 Å². The van der Waals surface area contributed by atoms with Gasteiger partial charge in [0.2, 0.25) is 17.7 Å². The molecule has 3 amide bonds. The van der Waals surface area contributed by atoms with Gasteiger partial charge < -0.3 is 5.32 Å². The largest absolute Gasteiger partial charge is 0.324 e. The van der Waals surface area contributed by atoms with Crippen LogP contribution in [0.5, 0.6) is 0 Å². The number of carbonyl (C=O) groups is 3. The van der Waals surface area contributed by atoms with Crippen molar-refractivity contribution >= 4 is 50.9 Å². The van der Waals surface area contributed by atoms with Gasteiger partial charge >= 0.3 is 0 Å². The Kier molecular flexibility index (Phi) is 3.82. The van der Waals surface area contributed by atoms with E-state index in [9.17, 15) is 14.4 Å².